The van der Waals surface area contributed by atoms with Gasteiger partial charge >= 0.3 is 0 Å². The third-order valence-corrected chi connectivity index (χ3v) is 2.48. The van der Waals surface area contributed by atoms with Crippen LogP contribution in [0, 0.1) is 0 Å². The maximum atomic E-state index is 5.70. The van der Waals surface area contributed by atoms with Crippen molar-refractivity contribution in [1.82, 2.24) is 0 Å². The Hall–Kier alpha value is -1.03. The normalized spacial score (nSPS) is 9.86. The second-order valence-electron chi connectivity index (χ2n) is 2.88. The first-order valence-electron chi connectivity index (χ1n) is 4.44. The third-order valence-electron chi connectivity index (χ3n) is 1.87. The molecular formula is C10H16N2OS. The first-order valence-corrected chi connectivity index (χ1v) is 5.83. The molecule has 4 heteroatoms. The van der Waals surface area contributed by atoms with E-state index in [0.717, 1.165) is 23.7 Å². The molecule has 0 unspecified atom stereocenters. The molecule has 0 amide bonds. The quantitative estimate of drug-likeness (QED) is 0.579. The molecular weight excluding hydrogens is 196 g/mol. The molecule has 78 valence electrons. The predicted octanol–water partition coefficient (Wildman–Crippen LogP) is 2.05. The molecule has 0 fully saturated rings. The van der Waals surface area contributed by atoms with Crippen molar-refractivity contribution in [3.05, 3.63) is 18.2 Å². The predicted molar refractivity (Wildman–Crippen MR) is 64.3 cm³/mol. The Morgan fingerprint density at radius 2 is 2.29 bits per heavy atom. The molecule has 0 aromatic heterocycles. The number of nitrogen functional groups attached to an aromatic ring is 1. The van der Waals surface area contributed by atoms with Crippen LogP contribution < -0.4 is 15.8 Å². The molecule has 1 rings (SSSR count). The first-order chi connectivity index (χ1) is 6.77. The number of thioether (sulfide) groups is 1. The van der Waals surface area contributed by atoms with Crippen molar-refractivity contribution in [3.63, 3.8) is 0 Å². The smallest absolute Gasteiger partial charge is 0.143 e. The summed E-state index contributed by atoms with van der Waals surface area (Å²) in [5.74, 6) is 1.81. The van der Waals surface area contributed by atoms with E-state index in [-0.39, 0.29) is 0 Å². The minimum absolute atomic E-state index is 0.669. The van der Waals surface area contributed by atoms with E-state index < -0.39 is 0 Å². The molecule has 0 heterocycles. The van der Waals surface area contributed by atoms with Gasteiger partial charge in [-0.3, -0.25) is 0 Å². The highest BCUT2D eigenvalue weighted by Gasteiger charge is 1.99. The van der Waals surface area contributed by atoms with Crippen LogP contribution >= 0.6 is 11.8 Å². The van der Waals surface area contributed by atoms with Gasteiger partial charge in [-0.25, -0.2) is 0 Å². The maximum Gasteiger partial charge on any atom is 0.143 e. The fourth-order valence-corrected chi connectivity index (χ4v) is 1.42. The molecule has 0 bridgehead atoms. The molecule has 1 aromatic rings. The van der Waals surface area contributed by atoms with Crippen LogP contribution in [0.3, 0.4) is 0 Å². The van der Waals surface area contributed by atoms with Crippen molar-refractivity contribution in [2.45, 2.75) is 0 Å². The van der Waals surface area contributed by atoms with Crippen molar-refractivity contribution >= 4 is 23.1 Å². The van der Waals surface area contributed by atoms with E-state index in [2.05, 4.69) is 11.6 Å². The van der Waals surface area contributed by atoms with Gasteiger partial charge < -0.3 is 15.8 Å². The molecule has 3 N–H and O–H groups in total. The summed E-state index contributed by atoms with van der Waals surface area (Å²) in [5, 5.41) is 3.29. The maximum absolute atomic E-state index is 5.70. The van der Waals surface area contributed by atoms with Crippen molar-refractivity contribution in [1.29, 1.82) is 0 Å². The Morgan fingerprint density at radius 3 is 2.93 bits per heavy atom. The van der Waals surface area contributed by atoms with E-state index >= 15 is 0 Å². The Balaban J connectivity index is 2.60. The van der Waals surface area contributed by atoms with Crippen LogP contribution in [0.5, 0.6) is 5.75 Å². The molecule has 0 saturated heterocycles. The van der Waals surface area contributed by atoms with Crippen LogP contribution in [0.15, 0.2) is 18.2 Å². The van der Waals surface area contributed by atoms with Crippen LogP contribution in [-0.4, -0.2) is 25.7 Å². The van der Waals surface area contributed by atoms with Crippen LogP contribution in [0.2, 0.25) is 0 Å². The monoisotopic (exact) mass is 212 g/mol. The van der Waals surface area contributed by atoms with Crippen LogP contribution in [-0.2, 0) is 0 Å². The molecule has 0 atom stereocenters. The fraction of sp³-hybridized carbons (Fsp3) is 0.400. The van der Waals surface area contributed by atoms with Crippen LogP contribution in [0.1, 0.15) is 0 Å². The zero-order valence-electron chi connectivity index (χ0n) is 8.54. The van der Waals surface area contributed by atoms with E-state index in [0.29, 0.717) is 5.69 Å². The summed E-state index contributed by atoms with van der Waals surface area (Å²) < 4.78 is 5.12. The van der Waals surface area contributed by atoms with Gasteiger partial charge in [0.25, 0.3) is 0 Å². The number of rotatable bonds is 5. The van der Waals surface area contributed by atoms with Crippen molar-refractivity contribution < 1.29 is 4.74 Å². The van der Waals surface area contributed by atoms with E-state index in [1.165, 1.54) is 0 Å². The Labute approximate surface area is 89.0 Å². The Morgan fingerprint density at radius 1 is 1.50 bits per heavy atom. The highest BCUT2D eigenvalue weighted by atomic mass is 32.2. The lowest BCUT2D eigenvalue weighted by atomic mass is 10.2. The standard InChI is InChI=1S/C10H16N2OS/c1-13-10-7-8(3-4-9(10)11)12-5-6-14-2/h3-4,7,12H,5-6,11H2,1-2H3. The number of nitrogens with one attached hydrogen (secondary N) is 1. The summed E-state index contributed by atoms with van der Waals surface area (Å²) in [6.07, 6.45) is 2.09. The van der Waals surface area contributed by atoms with Gasteiger partial charge in [0.1, 0.15) is 5.75 Å². The summed E-state index contributed by atoms with van der Waals surface area (Å²) >= 11 is 1.82. The molecule has 3 nitrogen and oxygen atoms in total. The van der Waals surface area contributed by atoms with Crippen LogP contribution in [0.25, 0.3) is 0 Å². The highest BCUT2D eigenvalue weighted by Crippen LogP contribution is 2.24. The summed E-state index contributed by atoms with van der Waals surface area (Å²) in [7, 11) is 1.62. The summed E-state index contributed by atoms with van der Waals surface area (Å²) in [5.41, 5.74) is 7.41. The van der Waals surface area contributed by atoms with E-state index in [1.54, 1.807) is 7.11 Å². The van der Waals surface area contributed by atoms with Gasteiger partial charge in [-0.1, -0.05) is 0 Å². The number of benzene rings is 1. The second kappa shape index (κ2) is 5.65. The third kappa shape index (κ3) is 3.03. The Kier molecular flexibility index (Phi) is 4.46. The number of methoxy groups -OCH3 is 1. The van der Waals surface area contributed by atoms with Gasteiger partial charge in [-0.15, -0.1) is 0 Å². The number of ether oxygens (including phenoxy) is 1. The van der Waals surface area contributed by atoms with Gasteiger partial charge in [0.2, 0.25) is 0 Å². The van der Waals surface area contributed by atoms with Gasteiger partial charge in [0, 0.05) is 24.1 Å². The van der Waals surface area contributed by atoms with Crippen molar-refractivity contribution in [2.24, 2.45) is 0 Å². The van der Waals surface area contributed by atoms with E-state index in [4.69, 9.17) is 10.5 Å². The number of anilines is 2. The lowest BCUT2D eigenvalue weighted by molar-refractivity contribution is 0.417. The number of hydrogen-bond donors (Lipinski definition) is 2. The molecule has 1 aromatic carbocycles. The van der Waals surface area contributed by atoms with Crippen LogP contribution in [0.4, 0.5) is 11.4 Å². The lowest BCUT2D eigenvalue weighted by Gasteiger charge is -2.09. The topological polar surface area (TPSA) is 47.3 Å². The second-order valence-corrected chi connectivity index (χ2v) is 3.86. The van der Waals surface area contributed by atoms with Crippen molar-refractivity contribution in [3.8, 4) is 5.75 Å². The van der Waals surface area contributed by atoms with E-state index in [9.17, 15) is 0 Å². The zero-order valence-corrected chi connectivity index (χ0v) is 9.36. The molecule has 0 saturated carbocycles. The van der Waals surface area contributed by atoms with Crippen molar-refractivity contribution in [2.75, 3.05) is 36.7 Å². The highest BCUT2D eigenvalue weighted by molar-refractivity contribution is 7.98. The van der Waals surface area contributed by atoms with Gasteiger partial charge in [-0.05, 0) is 18.4 Å². The minimum atomic E-state index is 0.669. The molecule has 0 aliphatic heterocycles. The average molecular weight is 212 g/mol. The fourth-order valence-electron chi connectivity index (χ4n) is 1.12. The minimum Gasteiger partial charge on any atom is -0.495 e. The lowest BCUT2D eigenvalue weighted by Crippen LogP contribution is -2.04. The van der Waals surface area contributed by atoms with Gasteiger partial charge in [0.05, 0.1) is 12.8 Å². The Bertz CT molecular complexity index is 291. The largest absolute Gasteiger partial charge is 0.495 e. The van der Waals surface area contributed by atoms with E-state index in [1.807, 2.05) is 30.0 Å². The van der Waals surface area contributed by atoms with Gasteiger partial charge in [-0.2, -0.15) is 11.8 Å². The number of hydrogen-bond acceptors (Lipinski definition) is 4. The molecule has 0 aliphatic rings. The summed E-state index contributed by atoms with van der Waals surface area (Å²) in [4.78, 5) is 0. The summed E-state index contributed by atoms with van der Waals surface area (Å²) in [6.45, 7) is 0.953. The average Bonchev–Trinajstić information content (AvgIpc) is 2.21. The summed E-state index contributed by atoms with van der Waals surface area (Å²) in [6, 6.07) is 5.72. The molecule has 0 radical (unpaired) electrons. The number of nitrogens with two attached hydrogens (primary N) is 1. The van der Waals surface area contributed by atoms with Gasteiger partial charge in [0.15, 0.2) is 0 Å². The SMILES string of the molecule is COc1cc(NCCSC)ccc1N. The molecule has 14 heavy (non-hydrogen) atoms. The zero-order chi connectivity index (χ0) is 10.4. The first kappa shape index (κ1) is 11.0. The molecule has 0 aliphatic carbocycles. The molecule has 0 spiro atoms.